The van der Waals surface area contributed by atoms with Crippen LogP contribution in [0.15, 0.2) is 71.8 Å². The van der Waals surface area contributed by atoms with Gasteiger partial charge < -0.3 is 0 Å². The average Bonchev–Trinajstić information content (AvgIpc) is 2.91. The first kappa shape index (κ1) is 39.2. The third-order valence-corrected chi connectivity index (χ3v) is 13.8. The molecule has 0 radical (unpaired) electrons. The molecular formula is C26H25O15PS6. The molecule has 0 aliphatic carbocycles. The largest absolute Gasteiger partial charge is 0.288 e. The van der Waals surface area contributed by atoms with Crippen molar-refractivity contribution in [1.82, 2.24) is 0 Å². The van der Waals surface area contributed by atoms with E-state index in [4.69, 9.17) is 0 Å². The van der Waals surface area contributed by atoms with E-state index < -0.39 is 136 Å². The van der Waals surface area contributed by atoms with E-state index in [9.17, 15) is 64.7 Å². The zero-order valence-electron chi connectivity index (χ0n) is 25.6. The van der Waals surface area contributed by atoms with E-state index in [-0.39, 0.29) is 0 Å². The highest BCUT2D eigenvalue weighted by Gasteiger charge is 2.36. The Kier molecular flexibility index (Phi) is 10.3. The molecule has 0 heterocycles. The molecular weight excluding hydrogens is 776 g/mol. The summed E-state index contributed by atoms with van der Waals surface area (Å²) in [4.78, 5) is 22.6. The van der Waals surface area contributed by atoms with Crippen LogP contribution in [0.1, 0.15) is 31.8 Å². The van der Waals surface area contributed by atoms with Gasteiger partial charge in [-0.1, -0.05) is 12.1 Å². The number of hydrogen-bond acceptors (Lipinski definition) is 15. The van der Waals surface area contributed by atoms with E-state index >= 15 is 0 Å². The van der Waals surface area contributed by atoms with Gasteiger partial charge in [-0.05, 0) is 30.3 Å². The highest BCUT2D eigenvalue weighted by Crippen LogP contribution is 2.34. The summed E-state index contributed by atoms with van der Waals surface area (Å²) < 4.78 is 165. The van der Waals surface area contributed by atoms with Crippen LogP contribution in [0.2, 0.25) is 0 Å². The van der Waals surface area contributed by atoms with Crippen LogP contribution in [0.3, 0.4) is 0 Å². The van der Waals surface area contributed by atoms with Crippen LogP contribution >= 0.6 is 8.46 Å². The summed E-state index contributed by atoms with van der Waals surface area (Å²) >= 11 is 0. The van der Waals surface area contributed by atoms with Crippen molar-refractivity contribution in [3.05, 3.63) is 64.7 Å². The first-order chi connectivity index (χ1) is 21.4. The topological polar surface area (TPSA) is 256 Å². The summed E-state index contributed by atoms with van der Waals surface area (Å²) in [5.41, 5.74) is -4.14. The lowest BCUT2D eigenvalue weighted by molar-refractivity contribution is 0.0998. The number of hydrogen-bond donors (Lipinski definition) is 0. The SMILES string of the molecule is CS(=O)(=O)c1cc(S(C)(=O)=O)c(C(=O)c2cccc(P=O)c2C(=O)c2c(S(C)(=O)=O)cc(S(C)(=O)=O)cc2S(C)(=O)=O)c(S(C)(=O)=O)c1. The Morgan fingerprint density at radius 1 is 0.458 bits per heavy atom. The molecule has 0 aliphatic rings. The van der Waals surface area contributed by atoms with Crippen molar-refractivity contribution in [2.24, 2.45) is 0 Å². The molecule has 0 unspecified atom stereocenters. The summed E-state index contributed by atoms with van der Waals surface area (Å²) in [5, 5.41) is -0.577. The van der Waals surface area contributed by atoms with Crippen molar-refractivity contribution in [2.75, 3.05) is 37.5 Å². The van der Waals surface area contributed by atoms with Gasteiger partial charge >= 0.3 is 0 Å². The molecule has 15 nitrogen and oxygen atoms in total. The number of carbonyl (C=O) groups excluding carboxylic acids is 2. The summed E-state index contributed by atoms with van der Waals surface area (Å²) in [5.74, 6) is -3.16. The van der Waals surface area contributed by atoms with Gasteiger partial charge in [0.1, 0.15) is 0 Å². The molecule has 0 aliphatic heterocycles. The Morgan fingerprint density at radius 3 is 1.04 bits per heavy atom. The van der Waals surface area contributed by atoms with Crippen LogP contribution in [0.5, 0.6) is 0 Å². The molecule has 260 valence electrons. The molecule has 0 amide bonds. The maximum atomic E-state index is 14.3. The number of carbonyl (C=O) groups is 2. The highest BCUT2D eigenvalue weighted by atomic mass is 32.2. The Labute approximate surface area is 279 Å². The zero-order chi connectivity index (χ0) is 37.2. The van der Waals surface area contributed by atoms with Gasteiger partial charge in [-0.25, -0.2) is 50.5 Å². The molecule has 0 spiro atoms. The fourth-order valence-electron chi connectivity index (χ4n) is 4.48. The lowest BCUT2D eigenvalue weighted by Crippen LogP contribution is -2.24. The Balaban J connectivity index is 2.67. The Morgan fingerprint density at radius 2 is 0.771 bits per heavy atom. The first-order valence-electron chi connectivity index (χ1n) is 12.5. The molecule has 48 heavy (non-hydrogen) atoms. The molecule has 0 saturated heterocycles. The van der Waals surface area contributed by atoms with Gasteiger partial charge in [0.2, 0.25) is 0 Å². The van der Waals surface area contributed by atoms with Crippen LogP contribution in [-0.4, -0.2) is 99.6 Å². The van der Waals surface area contributed by atoms with Crippen molar-refractivity contribution < 1.29 is 64.7 Å². The van der Waals surface area contributed by atoms with E-state index in [0.29, 0.717) is 61.8 Å². The fourth-order valence-corrected chi connectivity index (χ4v) is 10.4. The Hall–Kier alpha value is -3.20. The second-order valence-electron chi connectivity index (χ2n) is 10.7. The van der Waals surface area contributed by atoms with Gasteiger partial charge in [-0.15, -0.1) is 0 Å². The monoisotopic (exact) mass is 800 g/mol. The van der Waals surface area contributed by atoms with Crippen LogP contribution in [-0.2, 0) is 63.6 Å². The molecule has 3 aromatic rings. The maximum absolute atomic E-state index is 14.3. The average molecular weight is 801 g/mol. The van der Waals surface area contributed by atoms with E-state index in [2.05, 4.69) is 0 Å². The molecule has 0 saturated carbocycles. The normalized spacial score (nSPS) is 13.4. The molecule has 0 N–H and O–H groups in total. The zero-order valence-corrected chi connectivity index (χ0v) is 31.4. The van der Waals surface area contributed by atoms with Crippen LogP contribution in [0.4, 0.5) is 0 Å². The first-order valence-corrected chi connectivity index (χ1v) is 24.7. The minimum absolute atomic E-state index is 0.513. The molecule has 0 atom stereocenters. The number of ketones is 2. The van der Waals surface area contributed by atoms with Gasteiger partial charge in [0.05, 0.1) is 45.8 Å². The molecule has 22 heteroatoms. The summed E-state index contributed by atoms with van der Waals surface area (Å²) in [6, 6.07) is 4.95. The van der Waals surface area contributed by atoms with Crippen molar-refractivity contribution >= 4 is 84.4 Å². The standard InChI is InChI=1S/C26H25O15PS6/c1-43(30,31)14-10-18(45(3,34)35)23(19(11-14)46(4,36)37)25(27)16-8-7-9-17(42-29)22(16)26(28)24-20(47(5,38)39)12-15(44(2,32)33)13-21(24)48(6,40)41/h7-13H,1-6H3. The summed E-state index contributed by atoms with van der Waals surface area (Å²) in [6.07, 6.45) is 3.41. The van der Waals surface area contributed by atoms with Crippen molar-refractivity contribution in [3.8, 4) is 0 Å². The number of sulfone groups is 6. The van der Waals surface area contributed by atoms with Gasteiger partial charge in [0, 0.05) is 48.7 Å². The van der Waals surface area contributed by atoms with Gasteiger partial charge in [0.15, 0.2) is 79.1 Å². The Bertz CT molecular complexity index is 2530. The van der Waals surface area contributed by atoms with E-state index in [1.54, 1.807) is 0 Å². The van der Waals surface area contributed by atoms with E-state index in [1.165, 1.54) is 0 Å². The van der Waals surface area contributed by atoms with E-state index in [1.807, 2.05) is 0 Å². The molecule has 3 rings (SSSR count). The molecule has 0 aromatic heterocycles. The molecule has 0 bridgehead atoms. The van der Waals surface area contributed by atoms with Crippen molar-refractivity contribution in [3.63, 3.8) is 0 Å². The van der Waals surface area contributed by atoms with Crippen molar-refractivity contribution in [2.45, 2.75) is 29.4 Å². The summed E-state index contributed by atoms with van der Waals surface area (Å²) in [7, 11) is -28.2. The quantitative estimate of drug-likeness (QED) is 0.189. The smallest absolute Gasteiger partial charge is 0.197 e. The van der Waals surface area contributed by atoms with Gasteiger partial charge in [-0.3, -0.25) is 14.2 Å². The second kappa shape index (κ2) is 12.6. The minimum Gasteiger partial charge on any atom is -0.288 e. The lowest BCUT2D eigenvalue weighted by atomic mass is 9.93. The number of benzene rings is 3. The van der Waals surface area contributed by atoms with Crippen LogP contribution < -0.4 is 5.30 Å². The summed E-state index contributed by atoms with van der Waals surface area (Å²) in [6.45, 7) is 0. The third-order valence-electron chi connectivity index (χ3n) is 6.60. The molecule has 0 fully saturated rings. The number of rotatable bonds is 11. The second-order valence-corrected chi connectivity index (χ2v) is 23.3. The van der Waals surface area contributed by atoms with Crippen molar-refractivity contribution in [1.29, 1.82) is 0 Å². The third kappa shape index (κ3) is 7.98. The van der Waals surface area contributed by atoms with E-state index in [0.717, 1.165) is 18.2 Å². The van der Waals surface area contributed by atoms with Crippen LogP contribution in [0, 0.1) is 0 Å². The maximum Gasteiger partial charge on any atom is 0.197 e. The van der Waals surface area contributed by atoms with Gasteiger partial charge in [-0.2, -0.15) is 0 Å². The minimum atomic E-state index is -4.66. The van der Waals surface area contributed by atoms with Gasteiger partial charge in [0.25, 0.3) is 0 Å². The fraction of sp³-hybridized carbons (Fsp3) is 0.231. The molecule has 3 aromatic carbocycles. The predicted octanol–water partition coefficient (Wildman–Crippen LogP) is 0.487. The lowest BCUT2D eigenvalue weighted by Gasteiger charge is -2.18. The van der Waals surface area contributed by atoms with Crippen LogP contribution in [0.25, 0.3) is 0 Å². The highest BCUT2D eigenvalue weighted by molar-refractivity contribution is 7.93. The predicted molar refractivity (Wildman–Crippen MR) is 172 cm³/mol.